The summed E-state index contributed by atoms with van der Waals surface area (Å²) in [5.74, 6) is 2.12. The van der Waals surface area contributed by atoms with Crippen molar-refractivity contribution in [3.8, 4) is 0 Å². The van der Waals surface area contributed by atoms with Crippen LogP contribution in [-0.2, 0) is 0 Å². The summed E-state index contributed by atoms with van der Waals surface area (Å²) >= 11 is 1.95. The molecule has 0 spiro atoms. The van der Waals surface area contributed by atoms with Crippen LogP contribution in [0.15, 0.2) is 0 Å². The predicted molar refractivity (Wildman–Crippen MR) is 85.1 cm³/mol. The van der Waals surface area contributed by atoms with Gasteiger partial charge in [0, 0.05) is 0 Å². The summed E-state index contributed by atoms with van der Waals surface area (Å²) in [7, 11) is 0. The molecule has 1 N–H and O–H groups in total. The molecule has 1 nitrogen and oxygen atoms in total. The van der Waals surface area contributed by atoms with Crippen molar-refractivity contribution in [3.63, 3.8) is 0 Å². The van der Waals surface area contributed by atoms with E-state index in [1.54, 1.807) is 0 Å². The van der Waals surface area contributed by atoms with E-state index in [9.17, 15) is 0 Å². The minimum Gasteiger partial charge on any atom is -0.317 e. The summed E-state index contributed by atoms with van der Waals surface area (Å²) in [6.45, 7) is 15.8. The van der Waals surface area contributed by atoms with E-state index in [-0.39, 0.29) is 0 Å². The molecule has 0 aromatic carbocycles. The van der Waals surface area contributed by atoms with Gasteiger partial charge in [0.25, 0.3) is 0 Å². The summed E-state index contributed by atoms with van der Waals surface area (Å²) in [6, 6.07) is 0. The van der Waals surface area contributed by atoms with Gasteiger partial charge >= 0.3 is 0 Å². The van der Waals surface area contributed by atoms with Gasteiger partial charge in [0.05, 0.1) is 0 Å². The van der Waals surface area contributed by atoms with Gasteiger partial charge in [0.15, 0.2) is 0 Å². The van der Waals surface area contributed by atoms with Crippen molar-refractivity contribution in [2.75, 3.05) is 25.1 Å². The molecule has 1 saturated heterocycles. The molecular formula is C15H35NS. The Bertz CT molecular complexity index is 132. The first kappa shape index (κ1) is 19.6. The van der Waals surface area contributed by atoms with Crippen molar-refractivity contribution in [3.05, 3.63) is 0 Å². The number of hydrogen-bond donors (Lipinski definition) is 1. The molecule has 0 bridgehead atoms. The standard InChI is InChI=1S/C9H20S.C4H9N.C2H6/c1-8(2)6-9(3,4)7-10-5;1-2-4-5-3-1;1-2/h8H,6-7H2,1-5H3;5H,1-4H2;1-2H3. The summed E-state index contributed by atoms with van der Waals surface area (Å²) in [6.07, 6.45) is 6.30. The minimum atomic E-state index is 0.535. The Morgan fingerprint density at radius 1 is 1.12 bits per heavy atom. The second kappa shape index (κ2) is 12.8. The number of thioether (sulfide) groups is 1. The van der Waals surface area contributed by atoms with E-state index in [1.165, 1.54) is 38.1 Å². The minimum absolute atomic E-state index is 0.535. The highest BCUT2D eigenvalue weighted by Crippen LogP contribution is 2.28. The molecule has 1 heterocycles. The zero-order chi connectivity index (χ0) is 13.7. The van der Waals surface area contributed by atoms with Crippen LogP contribution in [0.4, 0.5) is 0 Å². The lowest BCUT2D eigenvalue weighted by molar-refractivity contribution is 0.328. The van der Waals surface area contributed by atoms with Crippen LogP contribution in [0.3, 0.4) is 0 Å². The third-order valence-electron chi connectivity index (χ3n) is 2.45. The molecule has 1 rings (SSSR count). The molecule has 0 atom stereocenters. The van der Waals surface area contributed by atoms with Crippen LogP contribution in [0.2, 0.25) is 0 Å². The molecular weight excluding hydrogens is 226 g/mol. The maximum Gasteiger partial charge on any atom is -0.00188 e. The smallest absolute Gasteiger partial charge is 0.00188 e. The van der Waals surface area contributed by atoms with Crippen molar-refractivity contribution in [2.45, 2.75) is 60.8 Å². The fraction of sp³-hybridized carbons (Fsp3) is 1.00. The Labute approximate surface area is 115 Å². The quantitative estimate of drug-likeness (QED) is 0.779. The van der Waals surface area contributed by atoms with Crippen LogP contribution < -0.4 is 5.32 Å². The summed E-state index contributed by atoms with van der Waals surface area (Å²) < 4.78 is 0. The summed E-state index contributed by atoms with van der Waals surface area (Å²) in [4.78, 5) is 0. The zero-order valence-electron chi connectivity index (χ0n) is 13.2. The van der Waals surface area contributed by atoms with E-state index < -0.39 is 0 Å². The largest absolute Gasteiger partial charge is 0.317 e. The van der Waals surface area contributed by atoms with Gasteiger partial charge in [-0.2, -0.15) is 11.8 Å². The predicted octanol–water partition coefficient (Wildman–Crippen LogP) is 4.82. The van der Waals surface area contributed by atoms with E-state index in [2.05, 4.69) is 39.3 Å². The fourth-order valence-corrected chi connectivity index (χ4v) is 3.08. The van der Waals surface area contributed by atoms with E-state index in [1.807, 2.05) is 25.6 Å². The second-order valence-electron chi connectivity index (χ2n) is 5.65. The zero-order valence-corrected chi connectivity index (χ0v) is 14.0. The molecule has 0 saturated carbocycles. The molecule has 17 heavy (non-hydrogen) atoms. The summed E-state index contributed by atoms with van der Waals surface area (Å²) in [5.41, 5.74) is 0.535. The first-order valence-electron chi connectivity index (χ1n) is 7.17. The average Bonchev–Trinajstić information content (AvgIpc) is 2.76. The third kappa shape index (κ3) is 16.3. The SMILES string of the molecule is C1CCNC1.CC.CSCC(C)(C)CC(C)C. The molecule has 1 fully saturated rings. The molecule has 1 aliphatic rings. The van der Waals surface area contributed by atoms with Gasteiger partial charge in [-0.1, -0.05) is 41.5 Å². The number of rotatable bonds is 4. The first-order valence-corrected chi connectivity index (χ1v) is 8.57. The van der Waals surface area contributed by atoms with Gasteiger partial charge in [0.2, 0.25) is 0 Å². The van der Waals surface area contributed by atoms with E-state index in [0.717, 1.165) is 5.92 Å². The first-order chi connectivity index (χ1) is 7.98. The lowest BCUT2D eigenvalue weighted by Gasteiger charge is -2.25. The normalized spacial score (nSPS) is 14.8. The van der Waals surface area contributed by atoms with E-state index in [4.69, 9.17) is 0 Å². The van der Waals surface area contributed by atoms with Crippen LogP contribution >= 0.6 is 11.8 Å². The lowest BCUT2D eigenvalue weighted by Crippen LogP contribution is -2.17. The van der Waals surface area contributed by atoms with Gasteiger partial charge in [0.1, 0.15) is 0 Å². The number of nitrogens with one attached hydrogen (secondary N) is 1. The lowest BCUT2D eigenvalue weighted by atomic mass is 9.86. The molecule has 0 amide bonds. The third-order valence-corrected chi connectivity index (χ3v) is 3.52. The Kier molecular flexibility index (Phi) is 14.7. The number of hydrogen-bond acceptors (Lipinski definition) is 2. The van der Waals surface area contributed by atoms with Crippen LogP contribution in [0.25, 0.3) is 0 Å². The molecule has 0 aromatic heterocycles. The Hall–Kier alpha value is 0.310. The molecule has 0 unspecified atom stereocenters. The van der Waals surface area contributed by atoms with Crippen LogP contribution in [0.5, 0.6) is 0 Å². The average molecular weight is 262 g/mol. The summed E-state index contributed by atoms with van der Waals surface area (Å²) in [5, 5.41) is 3.22. The maximum atomic E-state index is 3.22. The molecule has 2 heteroatoms. The molecule has 1 aliphatic heterocycles. The monoisotopic (exact) mass is 261 g/mol. The fourth-order valence-electron chi connectivity index (χ4n) is 2.18. The Balaban J connectivity index is 0. The molecule has 0 aromatic rings. The van der Waals surface area contributed by atoms with Crippen LogP contribution in [0.1, 0.15) is 60.8 Å². The molecule has 0 radical (unpaired) electrons. The maximum absolute atomic E-state index is 3.22. The molecule has 0 aliphatic carbocycles. The van der Waals surface area contributed by atoms with Gasteiger partial charge in [-0.3, -0.25) is 0 Å². The van der Waals surface area contributed by atoms with Crippen molar-refractivity contribution in [1.82, 2.24) is 5.32 Å². The van der Waals surface area contributed by atoms with Crippen molar-refractivity contribution in [2.24, 2.45) is 11.3 Å². The highest BCUT2D eigenvalue weighted by Gasteiger charge is 2.17. The highest BCUT2D eigenvalue weighted by atomic mass is 32.2. The van der Waals surface area contributed by atoms with Crippen LogP contribution in [0, 0.1) is 11.3 Å². The van der Waals surface area contributed by atoms with Crippen molar-refractivity contribution >= 4 is 11.8 Å². The topological polar surface area (TPSA) is 12.0 Å². The van der Waals surface area contributed by atoms with Crippen LogP contribution in [-0.4, -0.2) is 25.1 Å². The van der Waals surface area contributed by atoms with Gasteiger partial charge in [-0.05, 0) is 55.7 Å². The second-order valence-corrected chi connectivity index (χ2v) is 6.52. The molecule has 106 valence electrons. The highest BCUT2D eigenvalue weighted by molar-refractivity contribution is 7.98. The van der Waals surface area contributed by atoms with Crippen molar-refractivity contribution < 1.29 is 0 Å². The Morgan fingerprint density at radius 2 is 1.59 bits per heavy atom. The van der Waals surface area contributed by atoms with Crippen molar-refractivity contribution in [1.29, 1.82) is 0 Å². The van der Waals surface area contributed by atoms with Gasteiger partial charge in [-0.25, -0.2) is 0 Å². The Morgan fingerprint density at radius 3 is 1.82 bits per heavy atom. The van der Waals surface area contributed by atoms with Gasteiger partial charge in [-0.15, -0.1) is 0 Å². The van der Waals surface area contributed by atoms with E-state index >= 15 is 0 Å². The van der Waals surface area contributed by atoms with E-state index in [0.29, 0.717) is 5.41 Å². The van der Waals surface area contributed by atoms with Gasteiger partial charge < -0.3 is 5.32 Å².